The Morgan fingerprint density at radius 2 is 2.40 bits per heavy atom. The molecule has 0 saturated carbocycles. The summed E-state index contributed by atoms with van der Waals surface area (Å²) in [5, 5.41) is 0. The third kappa shape index (κ3) is 4.09. The number of hydrogen-bond donors (Lipinski definition) is 1. The second kappa shape index (κ2) is 4.09. The summed E-state index contributed by atoms with van der Waals surface area (Å²) in [4.78, 5) is 0. The van der Waals surface area contributed by atoms with Crippen LogP contribution in [0.1, 0.15) is 6.92 Å². The summed E-state index contributed by atoms with van der Waals surface area (Å²) < 4.78 is 2.63. The molecule has 0 heterocycles. The first-order valence-corrected chi connectivity index (χ1v) is 2.27. The Kier molecular flexibility index (Phi) is 4.16. The first-order chi connectivity index (χ1) is 2.41. The summed E-state index contributed by atoms with van der Waals surface area (Å²) in [7, 11) is 0. The molecule has 0 aliphatic carbocycles. The Labute approximate surface area is 45.6 Å². The van der Waals surface area contributed by atoms with Crippen LogP contribution in [0.5, 0.6) is 0 Å². The second-order valence-electron chi connectivity index (χ2n) is 0.469. The molecule has 0 fully saturated rings. The highest BCUT2D eigenvalue weighted by Crippen LogP contribution is 1.58. The van der Waals surface area contributed by atoms with E-state index in [-0.39, 0.29) is 0 Å². The zero-order valence-corrected chi connectivity index (χ0v) is 5.04. The minimum Gasteiger partial charge on any atom is -0.288 e. The molecule has 0 aromatic rings. The van der Waals surface area contributed by atoms with E-state index < -0.39 is 0 Å². The van der Waals surface area contributed by atoms with Gasteiger partial charge in [-0.3, -0.25) is 3.53 Å². The maximum absolute atomic E-state index is 2.65. The lowest BCUT2D eigenvalue weighted by Gasteiger charge is -1.64. The van der Waals surface area contributed by atoms with Crippen molar-refractivity contribution in [3.8, 4) is 12.0 Å². The van der Waals surface area contributed by atoms with Crippen LogP contribution in [0.25, 0.3) is 0 Å². The van der Waals surface area contributed by atoms with E-state index in [9.17, 15) is 0 Å². The first-order valence-electron chi connectivity index (χ1n) is 1.19. The molecule has 5 heavy (non-hydrogen) atoms. The van der Waals surface area contributed by atoms with Gasteiger partial charge in [-0.05, 0) is 6.92 Å². The number of halogens is 1. The van der Waals surface area contributed by atoms with Gasteiger partial charge in [0.15, 0.2) is 0 Å². The quantitative estimate of drug-likeness (QED) is 0.253. The average Bonchev–Trinajstić information content (AvgIpc) is 1.41. The van der Waals surface area contributed by atoms with Gasteiger partial charge in [-0.2, -0.15) is 0 Å². The molecule has 0 bridgehead atoms. The van der Waals surface area contributed by atoms with Crippen molar-refractivity contribution in [2.75, 3.05) is 0 Å². The standard InChI is InChI=1S/C3H4IN/c1-2-3-5-4/h5H,1H3. The zero-order valence-electron chi connectivity index (χ0n) is 2.88. The minimum atomic E-state index is 1.78. The predicted octanol–water partition coefficient (Wildman–Crippen LogP) is 0.907. The molecule has 2 heteroatoms. The lowest BCUT2D eigenvalue weighted by Crippen LogP contribution is -1.76. The second-order valence-corrected chi connectivity index (χ2v) is 1.01. The van der Waals surface area contributed by atoms with Gasteiger partial charge in [0.1, 0.15) is 0 Å². The summed E-state index contributed by atoms with van der Waals surface area (Å²) >= 11 is 1.96. The predicted molar refractivity (Wildman–Crippen MR) is 30.6 cm³/mol. The van der Waals surface area contributed by atoms with Gasteiger partial charge < -0.3 is 0 Å². The summed E-state index contributed by atoms with van der Waals surface area (Å²) in [6.07, 6.45) is 0. The van der Waals surface area contributed by atoms with Crippen molar-refractivity contribution in [2.24, 2.45) is 0 Å². The van der Waals surface area contributed by atoms with Gasteiger partial charge in [0, 0.05) is 6.04 Å². The normalized spacial score (nSPS) is 4.40. The Morgan fingerprint density at radius 1 is 1.80 bits per heavy atom. The molecule has 0 aliphatic heterocycles. The molecule has 0 atom stereocenters. The molecular weight excluding hydrogens is 177 g/mol. The first kappa shape index (κ1) is 5.09. The molecule has 0 unspecified atom stereocenters. The van der Waals surface area contributed by atoms with Crippen molar-refractivity contribution < 1.29 is 0 Å². The summed E-state index contributed by atoms with van der Waals surface area (Å²) in [5.41, 5.74) is 0. The van der Waals surface area contributed by atoms with Crippen LogP contribution in [0.2, 0.25) is 0 Å². The van der Waals surface area contributed by atoms with Crippen molar-refractivity contribution >= 4 is 22.9 Å². The third-order valence-electron chi connectivity index (χ3n) is 0.172. The third-order valence-corrected chi connectivity index (χ3v) is 0.442. The van der Waals surface area contributed by atoms with Crippen LogP contribution in [0.15, 0.2) is 0 Å². The van der Waals surface area contributed by atoms with Crippen molar-refractivity contribution in [1.82, 2.24) is 3.53 Å². The lowest BCUT2D eigenvalue weighted by atomic mass is 10.8. The van der Waals surface area contributed by atoms with Crippen molar-refractivity contribution in [3.63, 3.8) is 0 Å². The molecule has 0 amide bonds. The van der Waals surface area contributed by atoms with E-state index in [0.29, 0.717) is 0 Å². The Bertz CT molecular complexity index is 59.0. The minimum absolute atomic E-state index is 1.78. The van der Waals surface area contributed by atoms with Crippen molar-refractivity contribution in [1.29, 1.82) is 0 Å². The highest BCUT2D eigenvalue weighted by Gasteiger charge is 1.43. The Morgan fingerprint density at radius 3 is 2.40 bits per heavy atom. The summed E-state index contributed by atoms with van der Waals surface area (Å²) in [5.74, 6) is 2.65. The smallest absolute Gasteiger partial charge is 0.0645 e. The fourth-order valence-electron chi connectivity index (χ4n) is 0.0472. The van der Waals surface area contributed by atoms with E-state index in [4.69, 9.17) is 0 Å². The highest BCUT2D eigenvalue weighted by atomic mass is 127. The van der Waals surface area contributed by atoms with Crippen LogP contribution in [0, 0.1) is 12.0 Å². The molecule has 0 radical (unpaired) electrons. The Balaban J connectivity index is 2.81. The van der Waals surface area contributed by atoms with Gasteiger partial charge in [-0.1, -0.05) is 5.92 Å². The molecule has 28 valence electrons. The summed E-state index contributed by atoms with van der Waals surface area (Å²) in [6.45, 7) is 1.78. The maximum atomic E-state index is 2.65. The van der Waals surface area contributed by atoms with E-state index in [2.05, 4.69) is 15.5 Å². The number of hydrogen-bond acceptors (Lipinski definition) is 1. The van der Waals surface area contributed by atoms with Crippen molar-refractivity contribution in [2.45, 2.75) is 6.92 Å². The molecule has 0 aliphatic rings. The van der Waals surface area contributed by atoms with Gasteiger partial charge in [0.05, 0.1) is 22.9 Å². The van der Waals surface area contributed by atoms with Crippen LogP contribution in [0.3, 0.4) is 0 Å². The van der Waals surface area contributed by atoms with E-state index in [1.165, 1.54) is 0 Å². The molecule has 0 saturated heterocycles. The van der Waals surface area contributed by atoms with E-state index in [1.807, 2.05) is 22.9 Å². The molecule has 0 aromatic carbocycles. The van der Waals surface area contributed by atoms with Crippen LogP contribution >= 0.6 is 22.9 Å². The highest BCUT2D eigenvalue weighted by molar-refractivity contribution is 14.1. The van der Waals surface area contributed by atoms with Crippen LogP contribution < -0.4 is 3.53 Å². The molecule has 1 nitrogen and oxygen atoms in total. The molecular formula is C3H4IN. The zero-order chi connectivity index (χ0) is 4.12. The van der Waals surface area contributed by atoms with Gasteiger partial charge in [-0.15, -0.1) is 0 Å². The molecule has 0 spiro atoms. The topological polar surface area (TPSA) is 12.0 Å². The van der Waals surface area contributed by atoms with Gasteiger partial charge >= 0.3 is 0 Å². The number of rotatable bonds is 0. The number of nitrogens with one attached hydrogen (secondary N) is 1. The van der Waals surface area contributed by atoms with E-state index in [1.54, 1.807) is 6.92 Å². The molecule has 0 aromatic heterocycles. The Hall–Kier alpha value is 0.0900. The summed E-state index contributed by atoms with van der Waals surface area (Å²) in [6, 6.07) is 2.60. The van der Waals surface area contributed by atoms with Crippen LogP contribution in [-0.4, -0.2) is 0 Å². The fraction of sp³-hybridized carbons (Fsp3) is 0.333. The average molecular weight is 181 g/mol. The monoisotopic (exact) mass is 181 g/mol. The SMILES string of the molecule is CC#CNI. The van der Waals surface area contributed by atoms with E-state index >= 15 is 0 Å². The van der Waals surface area contributed by atoms with Crippen LogP contribution in [0.4, 0.5) is 0 Å². The lowest BCUT2D eigenvalue weighted by molar-refractivity contribution is 1.60. The fourth-order valence-corrected chi connectivity index (χ4v) is 0.317. The van der Waals surface area contributed by atoms with Gasteiger partial charge in [0.2, 0.25) is 0 Å². The van der Waals surface area contributed by atoms with E-state index in [0.717, 1.165) is 0 Å². The molecule has 1 N–H and O–H groups in total. The maximum Gasteiger partial charge on any atom is 0.0645 e. The largest absolute Gasteiger partial charge is 0.288 e. The van der Waals surface area contributed by atoms with Crippen molar-refractivity contribution in [3.05, 3.63) is 0 Å². The van der Waals surface area contributed by atoms with Gasteiger partial charge in [-0.25, -0.2) is 0 Å². The molecule has 0 rings (SSSR count). The van der Waals surface area contributed by atoms with Gasteiger partial charge in [0.25, 0.3) is 0 Å². The van der Waals surface area contributed by atoms with Crippen LogP contribution in [-0.2, 0) is 0 Å².